The molecule has 0 aliphatic carbocycles. The number of benzene rings is 2. The van der Waals surface area contributed by atoms with Gasteiger partial charge in [-0.3, -0.25) is 4.79 Å². The number of allylic oxidation sites excluding steroid dienone is 1. The van der Waals surface area contributed by atoms with E-state index in [2.05, 4.69) is 15.4 Å². The second kappa shape index (κ2) is 9.01. The van der Waals surface area contributed by atoms with Crippen molar-refractivity contribution in [3.63, 3.8) is 0 Å². The summed E-state index contributed by atoms with van der Waals surface area (Å²) in [6.07, 6.45) is 1.39. The predicted molar refractivity (Wildman–Crippen MR) is 116 cm³/mol. The maximum Gasteiger partial charge on any atom is 0.338 e. The highest BCUT2D eigenvalue weighted by Gasteiger charge is 2.38. The molecule has 164 valence electrons. The van der Waals surface area contributed by atoms with Crippen LogP contribution in [0.4, 0.5) is 16.0 Å². The Balaban J connectivity index is 1.71. The number of esters is 1. The number of amides is 1. The van der Waals surface area contributed by atoms with E-state index in [1.807, 2.05) is 30.3 Å². The Morgan fingerprint density at radius 2 is 1.84 bits per heavy atom. The normalized spacial score (nSPS) is 15.3. The quantitative estimate of drug-likeness (QED) is 0.598. The monoisotopic (exact) mass is 435 g/mol. The van der Waals surface area contributed by atoms with Gasteiger partial charge in [-0.05, 0) is 43.7 Å². The number of hydrogen-bond donors (Lipinski definition) is 1. The van der Waals surface area contributed by atoms with Crippen molar-refractivity contribution in [2.45, 2.75) is 19.9 Å². The maximum absolute atomic E-state index is 13.1. The number of aromatic nitrogens is 3. The highest BCUT2D eigenvalue weighted by Crippen LogP contribution is 2.38. The van der Waals surface area contributed by atoms with E-state index in [1.165, 1.54) is 30.6 Å². The molecule has 3 aromatic rings. The molecule has 2 heterocycles. The smallest absolute Gasteiger partial charge is 0.338 e. The van der Waals surface area contributed by atoms with Crippen molar-refractivity contribution in [1.29, 1.82) is 0 Å². The highest BCUT2D eigenvalue weighted by atomic mass is 19.1. The van der Waals surface area contributed by atoms with Gasteiger partial charge in [-0.1, -0.05) is 30.3 Å². The van der Waals surface area contributed by atoms with Gasteiger partial charge in [0.25, 0.3) is 0 Å². The second-order valence-electron chi connectivity index (χ2n) is 7.18. The lowest BCUT2D eigenvalue weighted by Crippen LogP contribution is -2.40. The number of nitrogens with zero attached hydrogens (tertiary/aromatic N) is 4. The molecule has 1 unspecified atom stereocenters. The summed E-state index contributed by atoms with van der Waals surface area (Å²) >= 11 is 0. The minimum atomic E-state index is -0.538. The molecule has 1 amide bonds. The third kappa shape index (κ3) is 4.09. The molecule has 1 aromatic heterocycles. The summed E-state index contributed by atoms with van der Waals surface area (Å²) in [6.45, 7) is 3.59. The molecule has 0 spiro atoms. The summed E-state index contributed by atoms with van der Waals surface area (Å²) in [7, 11) is 0. The summed E-state index contributed by atoms with van der Waals surface area (Å²) in [5.74, 6) is -0.800. The van der Waals surface area contributed by atoms with Gasteiger partial charge in [0.1, 0.15) is 24.7 Å². The first kappa shape index (κ1) is 21.2. The molecule has 2 aromatic carbocycles. The zero-order chi connectivity index (χ0) is 22.7. The summed E-state index contributed by atoms with van der Waals surface area (Å²) in [5.41, 5.74) is 2.24. The Morgan fingerprint density at radius 1 is 1.12 bits per heavy atom. The molecular weight excluding hydrogens is 413 g/mol. The van der Waals surface area contributed by atoms with Gasteiger partial charge < -0.3 is 15.0 Å². The molecular formula is C23H22FN5O3. The Labute approximate surface area is 184 Å². The summed E-state index contributed by atoms with van der Waals surface area (Å²) in [4.78, 5) is 31.7. The molecule has 0 fully saturated rings. The minimum Gasteiger partial charge on any atom is -0.463 e. The largest absolute Gasteiger partial charge is 0.463 e. The van der Waals surface area contributed by atoms with Crippen LogP contribution in [-0.2, 0) is 14.3 Å². The minimum absolute atomic E-state index is 0.119. The first-order valence-electron chi connectivity index (χ1n) is 10.1. The standard InChI is InChI=1S/C23H22FN5O3/c1-3-32-22(31)20-15(2)28(13-19(30)27-18-11-9-17(24)10-12-18)23-25-14-26-29(23)21(20)16-7-5-4-6-8-16/h4-12,14,21H,3,13H2,1-2H3,(H,27,30). The number of rotatable bonds is 6. The van der Waals surface area contributed by atoms with Crippen LogP contribution in [0.15, 0.2) is 72.2 Å². The average molecular weight is 435 g/mol. The highest BCUT2D eigenvalue weighted by molar-refractivity contribution is 5.96. The molecule has 1 aliphatic heterocycles. The summed E-state index contributed by atoms with van der Waals surface area (Å²) < 4.78 is 20.1. The fourth-order valence-corrected chi connectivity index (χ4v) is 3.71. The molecule has 0 saturated carbocycles. The van der Waals surface area contributed by atoms with Gasteiger partial charge in [0.15, 0.2) is 0 Å². The van der Waals surface area contributed by atoms with E-state index < -0.39 is 17.8 Å². The van der Waals surface area contributed by atoms with E-state index in [9.17, 15) is 14.0 Å². The summed E-state index contributed by atoms with van der Waals surface area (Å²) in [5, 5.41) is 7.07. The molecule has 0 saturated heterocycles. The lowest BCUT2D eigenvalue weighted by molar-refractivity contribution is -0.139. The van der Waals surface area contributed by atoms with Gasteiger partial charge in [0.05, 0.1) is 12.2 Å². The molecule has 8 nitrogen and oxygen atoms in total. The lowest BCUT2D eigenvalue weighted by Gasteiger charge is -2.35. The van der Waals surface area contributed by atoms with Gasteiger partial charge in [0.2, 0.25) is 11.9 Å². The molecule has 9 heteroatoms. The van der Waals surface area contributed by atoms with E-state index in [-0.39, 0.29) is 19.1 Å². The number of fused-ring (bicyclic) bond motifs is 1. The van der Waals surface area contributed by atoms with Crippen molar-refractivity contribution in [2.75, 3.05) is 23.4 Å². The van der Waals surface area contributed by atoms with E-state index in [4.69, 9.17) is 4.74 Å². The maximum atomic E-state index is 13.1. The topological polar surface area (TPSA) is 89.3 Å². The second-order valence-corrected chi connectivity index (χ2v) is 7.18. The molecule has 1 atom stereocenters. The number of carbonyl (C=O) groups is 2. The van der Waals surface area contributed by atoms with Gasteiger partial charge >= 0.3 is 5.97 Å². The SMILES string of the molecule is CCOC(=O)C1=C(C)N(CC(=O)Nc2ccc(F)cc2)c2ncnn2C1c1ccccc1. The van der Waals surface area contributed by atoms with Crippen molar-refractivity contribution < 1.29 is 18.7 Å². The Morgan fingerprint density at radius 3 is 2.53 bits per heavy atom. The zero-order valence-electron chi connectivity index (χ0n) is 17.7. The number of halogens is 1. The van der Waals surface area contributed by atoms with Crippen LogP contribution in [0.3, 0.4) is 0 Å². The lowest BCUT2D eigenvalue weighted by atomic mass is 9.95. The van der Waals surface area contributed by atoms with Crippen molar-refractivity contribution in [3.05, 3.63) is 83.6 Å². The van der Waals surface area contributed by atoms with Crippen LogP contribution in [0.2, 0.25) is 0 Å². The van der Waals surface area contributed by atoms with E-state index in [0.29, 0.717) is 22.9 Å². The molecule has 0 bridgehead atoms. The average Bonchev–Trinajstić information content (AvgIpc) is 3.27. The fraction of sp³-hybridized carbons (Fsp3) is 0.217. The Hall–Kier alpha value is -4.01. The molecule has 0 radical (unpaired) electrons. The van der Waals surface area contributed by atoms with Crippen LogP contribution >= 0.6 is 0 Å². The van der Waals surface area contributed by atoms with Crippen LogP contribution in [-0.4, -0.2) is 39.8 Å². The van der Waals surface area contributed by atoms with Crippen LogP contribution < -0.4 is 10.2 Å². The van der Waals surface area contributed by atoms with Crippen molar-refractivity contribution in [3.8, 4) is 0 Å². The van der Waals surface area contributed by atoms with Crippen molar-refractivity contribution >= 4 is 23.5 Å². The third-order valence-corrected chi connectivity index (χ3v) is 5.15. The number of nitrogens with one attached hydrogen (secondary N) is 1. The Kier molecular flexibility index (Phi) is 5.98. The molecule has 4 rings (SSSR count). The summed E-state index contributed by atoms with van der Waals surface area (Å²) in [6, 6.07) is 14.4. The predicted octanol–water partition coefficient (Wildman–Crippen LogP) is 3.30. The van der Waals surface area contributed by atoms with Crippen LogP contribution in [0.5, 0.6) is 0 Å². The van der Waals surface area contributed by atoms with E-state index in [1.54, 1.807) is 23.4 Å². The number of anilines is 2. The van der Waals surface area contributed by atoms with Gasteiger partial charge in [-0.15, -0.1) is 0 Å². The molecule has 1 N–H and O–H groups in total. The number of ether oxygens (including phenoxy) is 1. The first-order chi connectivity index (χ1) is 15.5. The van der Waals surface area contributed by atoms with Crippen molar-refractivity contribution in [1.82, 2.24) is 14.8 Å². The van der Waals surface area contributed by atoms with Gasteiger partial charge in [-0.25, -0.2) is 13.9 Å². The van der Waals surface area contributed by atoms with Crippen LogP contribution in [0.25, 0.3) is 0 Å². The van der Waals surface area contributed by atoms with Crippen molar-refractivity contribution in [2.24, 2.45) is 0 Å². The first-order valence-corrected chi connectivity index (χ1v) is 10.1. The molecule has 32 heavy (non-hydrogen) atoms. The van der Waals surface area contributed by atoms with Gasteiger partial charge in [-0.2, -0.15) is 10.1 Å². The zero-order valence-corrected chi connectivity index (χ0v) is 17.7. The third-order valence-electron chi connectivity index (χ3n) is 5.15. The fourth-order valence-electron chi connectivity index (χ4n) is 3.71. The van der Waals surface area contributed by atoms with Crippen LogP contribution in [0, 0.1) is 5.82 Å². The van der Waals surface area contributed by atoms with Gasteiger partial charge in [0, 0.05) is 11.4 Å². The molecule has 1 aliphatic rings. The number of carbonyl (C=O) groups excluding carboxylic acids is 2. The number of hydrogen-bond acceptors (Lipinski definition) is 6. The Bertz CT molecular complexity index is 1160. The van der Waals surface area contributed by atoms with E-state index in [0.717, 1.165) is 5.56 Å². The van der Waals surface area contributed by atoms with Crippen LogP contribution in [0.1, 0.15) is 25.5 Å². The van der Waals surface area contributed by atoms with E-state index >= 15 is 0 Å².